The minimum atomic E-state index is -4.47. The van der Waals surface area contributed by atoms with E-state index in [1.807, 2.05) is 0 Å². The molecule has 1 aliphatic heterocycles. The number of carbonyl (C=O) groups is 1. The fourth-order valence-corrected chi connectivity index (χ4v) is 2.35. The van der Waals surface area contributed by atoms with Crippen LogP contribution in [-0.4, -0.2) is 24.7 Å². The van der Waals surface area contributed by atoms with Crippen molar-refractivity contribution in [3.05, 3.63) is 28.2 Å². The fourth-order valence-electron chi connectivity index (χ4n) is 2.01. The van der Waals surface area contributed by atoms with Gasteiger partial charge < -0.3 is 15.8 Å². The number of carbonyl (C=O) groups excluding carboxylic acids is 1. The van der Waals surface area contributed by atoms with Crippen LogP contribution in [0.25, 0.3) is 0 Å². The zero-order valence-corrected chi connectivity index (χ0v) is 12.6. The molecule has 0 atom stereocenters. The third kappa shape index (κ3) is 3.75. The first-order chi connectivity index (χ1) is 9.72. The molecule has 0 saturated carbocycles. The molecule has 0 radical (unpaired) electrons. The van der Waals surface area contributed by atoms with E-state index in [2.05, 4.69) is 21.2 Å². The highest BCUT2D eigenvalue weighted by Gasteiger charge is 2.37. The van der Waals surface area contributed by atoms with Crippen molar-refractivity contribution >= 4 is 27.5 Å². The van der Waals surface area contributed by atoms with Crippen molar-refractivity contribution in [1.29, 1.82) is 0 Å². The molecule has 0 aliphatic carbocycles. The van der Waals surface area contributed by atoms with Gasteiger partial charge >= 0.3 is 6.18 Å². The van der Waals surface area contributed by atoms with Gasteiger partial charge in [0.1, 0.15) is 5.54 Å². The maximum Gasteiger partial charge on any atom is 0.416 e. The fraction of sp³-hybridized carbons (Fsp3) is 0.462. The molecule has 0 bridgehead atoms. The van der Waals surface area contributed by atoms with Gasteiger partial charge in [0.15, 0.2) is 0 Å². The molecule has 1 saturated heterocycles. The van der Waals surface area contributed by atoms with Gasteiger partial charge in [-0.1, -0.05) is 0 Å². The third-order valence-corrected chi connectivity index (χ3v) is 4.07. The van der Waals surface area contributed by atoms with Crippen LogP contribution >= 0.6 is 15.9 Å². The van der Waals surface area contributed by atoms with Crippen LogP contribution in [0.1, 0.15) is 18.4 Å². The molecule has 1 amide bonds. The largest absolute Gasteiger partial charge is 0.416 e. The molecular formula is C13H14BrF3N2O2. The van der Waals surface area contributed by atoms with Crippen molar-refractivity contribution in [2.45, 2.75) is 24.6 Å². The number of alkyl halides is 3. The summed E-state index contributed by atoms with van der Waals surface area (Å²) < 4.78 is 43.6. The number of halogens is 4. The van der Waals surface area contributed by atoms with Gasteiger partial charge in [0.25, 0.3) is 0 Å². The summed E-state index contributed by atoms with van der Waals surface area (Å²) in [6.07, 6.45) is -3.82. The number of ether oxygens (including phenoxy) is 1. The zero-order valence-electron chi connectivity index (χ0n) is 11.0. The van der Waals surface area contributed by atoms with Crippen LogP contribution in [0.5, 0.6) is 0 Å². The van der Waals surface area contributed by atoms with Gasteiger partial charge in [-0.05, 0) is 47.0 Å². The Labute approximate surface area is 128 Å². The van der Waals surface area contributed by atoms with Crippen LogP contribution < -0.4 is 11.1 Å². The molecule has 21 heavy (non-hydrogen) atoms. The van der Waals surface area contributed by atoms with Gasteiger partial charge in [-0.15, -0.1) is 0 Å². The van der Waals surface area contributed by atoms with Crippen molar-refractivity contribution in [2.75, 3.05) is 18.5 Å². The Kier molecular flexibility index (Phi) is 4.60. The maximum atomic E-state index is 12.7. The standard InChI is InChI=1S/C13H14BrF3N2O2/c14-9-2-1-8(13(15,16)17)7-10(9)19-11(20)12(18)3-5-21-6-4-12/h1-2,7H,3-6,18H2,(H,19,20). The molecular weight excluding hydrogens is 353 g/mol. The molecule has 1 aromatic rings. The second kappa shape index (κ2) is 5.94. The van der Waals surface area contributed by atoms with Crippen molar-refractivity contribution in [3.8, 4) is 0 Å². The lowest BCUT2D eigenvalue weighted by Gasteiger charge is -2.32. The molecule has 116 valence electrons. The van der Waals surface area contributed by atoms with Gasteiger partial charge in [0.05, 0.1) is 11.3 Å². The molecule has 3 N–H and O–H groups in total. The summed E-state index contributed by atoms with van der Waals surface area (Å²) in [5, 5.41) is 2.47. The summed E-state index contributed by atoms with van der Waals surface area (Å²) >= 11 is 3.12. The van der Waals surface area contributed by atoms with E-state index >= 15 is 0 Å². The number of nitrogens with two attached hydrogens (primary N) is 1. The summed E-state index contributed by atoms with van der Waals surface area (Å²) in [5.74, 6) is -0.508. The van der Waals surface area contributed by atoms with Crippen molar-refractivity contribution < 1.29 is 22.7 Å². The summed E-state index contributed by atoms with van der Waals surface area (Å²) in [6, 6.07) is 3.06. The van der Waals surface area contributed by atoms with Gasteiger partial charge in [0.2, 0.25) is 5.91 Å². The van der Waals surface area contributed by atoms with Crippen LogP contribution in [0, 0.1) is 0 Å². The molecule has 0 aromatic heterocycles. The molecule has 8 heteroatoms. The zero-order chi connectivity index (χ0) is 15.7. The Bertz CT molecular complexity index is 543. The van der Waals surface area contributed by atoms with E-state index in [0.29, 0.717) is 30.5 Å². The Morgan fingerprint density at radius 2 is 1.95 bits per heavy atom. The lowest BCUT2D eigenvalue weighted by atomic mass is 9.90. The highest BCUT2D eigenvalue weighted by atomic mass is 79.9. The van der Waals surface area contributed by atoms with E-state index < -0.39 is 23.2 Å². The number of hydrogen-bond donors (Lipinski definition) is 2. The first-order valence-electron chi connectivity index (χ1n) is 6.27. The Morgan fingerprint density at radius 3 is 2.52 bits per heavy atom. The molecule has 1 aromatic carbocycles. The van der Waals surface area contributed by atoms with Crippen molar-refractivity contribution in [3.63, 3.8) is 0 Å². The molecule has 1 aliphatic rings. The summed E-state index contributed by atoms with van der Waals surface area (Å²) in [7, 11) is 0. The lowest BCUT2D eigenvalue weighted by molar-refractivity contribution is -0.137. The SMILES string of the molecule is NC1(C(=O)Nc2cc(C(F)(F)F)ccc2Br)CCOCC1. The Morgan fingerprint density at radius 1 is 1.33 bits per heavy atom. The molecule has 1 fully saturated rings. The van der Waals surface area contributed by atoms with Gasteiger partial charge in [-0.25, -0.2) is 0 Å². The topological polar surface area (TPSA) is 64.4 Å². The maximum absolute atomic E-state index is 12.7. The van der Waals surface area contributed by atoms with E-state index in [1.165, 1.54) is 6.07 Å². The van der Waals surface area contributed by atoms with E-state index in [1.54, 1.807) is 0 Å². The molecule has 0 unspecified atom stereocenters. The number of benzene rings is 1. The normalized spacial score (nSPS) is 18.3. The van der Waals surface area contributed by atoms with Crippen LogP contribution in [0.2, 0.25) is 0 Å². The number of anilines is 1. The number of rotatable bonds is 2. The highest BCUT2D eigenvalue weighted by molar-refractivity contribution is 9.10. The molecule has 1 heterocycles. The minimum Gasteiger partial charge on any atom is -0.381 e. The first kappa shape index (κ1) is 16.3. The predicted octanol–water partition coefficient (Wildman–Crippen LogP) is 2.91. The van der Waals surface area contributed by atoms with Crippen LogP contribution in [-0.2, 0) is 15.7 Å². The molecule has 4 nitrogen and oxygen atoms in total. The smallest absolute Gasteiger partial charge is 0.381 e. The molecule has 2 rings (SSSR count). The van der Waals surface area contributed by atoms with Crippen LogP contribution in [0.15, 0.2) is 22.7 Å². The van der Waals surface area contributed by atoms with Gasteiger partial charge in [0, 0.05) is 17.7 Å². The average molecular weight is 367 g/mol. The lowest BCUT2D eigenvalue weighted by Crippen LogP contribution is -2.54. The second-order valence-electron chi connectivity index (χ2n) is 4.92. The van der Waals surface area contributed by atoms with Gasteiger partial charge in [-0.3, -0.25) is 4.79 Å². The quantitative estimate of drug-likeness (QED) is 0.845. The molecule has 0 spiro atoms. The van der Waals surface area contributed by atoms with E-state index in [9.17, 15) is 18.0 Å². The highest BCUT2D eigenvalue weighted by Crippen LogP contribution is 2.34. The van der Waals surface area contributed by atoms with E-state index in [-0.39, 0.29) is 5.69 Å². The van der Waals surface area contributed by atoms with E-state index in [0.717, 1.165) is 12.1 Å². The monoisotopic (exact) mass is 366 g/mol. The van der Waals surface area contributed by atoms with E-state index in [4.69, 9.17) is 10.5 Å². The van der Waals surface area contributed by atoms with Crippen molar-refractivity contribution in [1.82, 2.24) is 0 Å². The van der Waals surface area contributed by atoms with Gasteiger partial charge in [-0.2, -0.15) is 13.2 Å². The predicted molar refractivity (Wildman–Crippen MR) is 74.7 cm³/mol. The second-order valence-corrected chi connectivity index (χ2v) is 5.77. The summed E-state index contributed by atoms with van der Waals surface area (Å²) in [6.45, 7) is 0.710. The number of hydrogen-bond acceptors (Lipinski definition) is 3. The van der Waals surface area contributed by atoms with Crippen LogP contribution in [0.3, 0.4) is 0 Å². The Hall–Kier alpha value is -1.12. The summed E-state index contributed by atoms with van der Waals surface area (Å²) in [4.78, 5) is 12.2. The number of amides is 1. The Balaban J connectivity index is 2.20. The number of nitrogens with one attached hydrogen (secondary N) is 1. The minimum absolute atomic E-state index is 0.0474. The first-order valence-corrected chi connectivity index (χ1v) is 7.06. The summed E-state index contributed by atoms with van der Waals surface area (Å²) in [5.41, 5.74) is 4.09. The van der Waals surface area contributed by atoms with Crippen molar-refractivity contribution in [2.24, 2.45) is 5.73 Å². The third-order valence-electron chi connectivity index (χ3n) is 3.38. The average Bonchev–Trinajstić information content (AvgIpc) is 2.40. The van der Waals surface area contributed by atoms with Crippen LogP contribution in [0.4, 0.5) is 18.9 Å².